The highest BCUT2D eigenvalue weighted by molar-refractivity contribution is 5.68. The standard InChI is InChI=1S/C14H15N5O2/c1-20-14-10(11(8-2-3-8)17-7-18-14)13-16-6-9-12(19-13)15-4-5-21-9/h6-8H,2-5H2,1H3,(H,15,16,19). The fourth-order valence-corrected chi connectivity index (χ4v) is 2.47. The number of aromatic nitrogens is 4. The maximum absolute atomic E-state index is 5.51. The maximum atomic E-state index is 5.51. The monoisotopic (exact) mass is 285 g/mol. The van der Waals surface area contributed by atoms with Gasteiger partial charge in [-0.05, 0) is 12.8 Å². The number of nitrogens with zero attached hydrogens (tertiary/aromatic N) is 4. The smallest absolute Gasteiger partial charge is 0.227 e. The van der Waals surface area contributed by atoms with Crippen LogP contribution < -0.4 is 14.8 Å². The van der Waals surface area contributed by atoms with Crippen LogP contribution in [-0.4, -0.2) is 40.2 Å². The van der Waals surface area contributed by atoms with E-state index in [1.165, 1.54) is 6.33 Å². The van der Waals surface area contributed by atoms with Gasteiger partial charge in [0.05, 0.1) is 25.5 Å². The highest BCUT2D eigenvalue weighted by Gasteiger charge is 2.31. The Bertz CT molecular complexity index is 687. The Morgan fingerprint density at radius 2 is 2.19 bits per heavy atom. The van der Waals surface area contributed by atoms with E-state index in [1.807, 2.05) is 0 Å². The van der Waals surface area contributed by atoms with Crippen LogP contribution >= 0.6 is 0 Å². The summed E-state index contributed by atoms with van der Waals surface area (Å²) in [4.78, 5) is 17.6. The van der Waals surface area contributed by atoms with Crippen molar-refractivity contribution in [3.63, 3.8) is 0 Å². The lowest BCUT2D eigenvalue weighted by Crippen LogP contribution is -2.19. The first-order chi connectivity index (χ1) is 10.4. The van der Waals surface area contributed by atoms with Crippen molar-refractivity contribution in [2.24, 2.45) is 0 Å². The van der Waals surface area contributed by atoms with Gasteiger partial charge >= 0.3 is 0 Å². The van der Waals surface area contributed by atoms with E-state index in [-0.39, 0.29) is 0 Å². The Morgan fingerprint density at radius 3 is 3.00 bits per heavy atom. The topological polar surface area (TPSA) is 82.1 Å². The molecule has 108 valence electrons. The van der Waals surface area contributed by atoms with Gasteiger partial charge in [0, 0.05) is 5.92 Å². The van der Waals surface area contributed by atoms with Gasteiger partial charge in [0.2, 0.25) is 5.88 Å². The van der Waals surface area contributed by atoms with Crippen molar-refractivity contribution >= 4 is 5.82 Å². The molecule has 0 unspecified atom stereocenters. The van der Waals surface area contributed by atoms with Gasteiger partial charge in [-0.3, -0.25) is 0 Å². The first kappa shape index (κ1) is 12.3. The summed E-state index contributed by atoms with van der Waals surface area (Å²) in [5.74, 6) is 2.93. The second kappa shape index (κ2) is 4.83. The van der Waals surface area contributed by atoms with E-state index in [2.05, 4.69) is 25.3 Å². The molecule has 1 saturated carbocycles. The maximum Gasteiger partial charge on any atom is 0.227 e. The van der Waals surface area contributed by atoms with E-state index in [0.29, 0.717) is 35.8 Å². The van der Waals surface area contributed by atoms with Crippen LogP contribution in [0.3, 0.4) is 0 Å². The zero-order valence-corrected chi connectivity index (χ0v) is 11.7. The van der Waals surface area contributed by atoms with Gasteiger partial charge in [-0.2, -0.15) is 0 Å². The summed E-state index contributed by atoms with van der Waals surface area (Å²) in [5.41, 5.74) is 1.76. The minimum Gasteiger partial charge on any atom is -0.486 e. The van der Waals surface area contributed by atoms with Crippen molar-refractivity contribution in [1.82, 2.24) is 19.9 Å². The zero-order valence-electron chi connectivity index (χ0n) is 11.7. The normalized spacial score (nSPS) is 16.6. The van der Waals surface area contributed by atoms with Gasteiger partial charge < -0.3 is 14.8 Å². The molecule has 3 heterocycles. The molecule has 0 spiro atoms. The minimum absolute atomic E-state index is 0.459. The van der Waals surface area contributed by atoms with Gasteiger partial charge in [-0.25, -0.2) is 19.9 Å². The molecule has 7 heteroatoms. The molecule has 2 aliphatic rings. The van der Waals surface area contributed by atoms with Crippen LogP contribution in [0, 0.1) is 0 Å². The molecule has 1 aliphatic heterocycles. The van der Waals surface area contributed by atoms with Gasteiger partial charge in [0.15, 0.2) is 17.4 Å². The molecule has 0 amide bonds. The predicted octanol–water partition coefficient (Wildman–Crippen LogP) is 1.62. The number of nitrogens with one attached hydrogen (secondary N) is 1. The van der Waals surface area contributed by atoms with Crippen LogP contribution in [0.15, 0.2) is 12.5 Å². The average molecular weight is 285 g/mol. The van der Waals surface area contributed by atoms with Crippen molar-refractivity contribution in [3.05, 3.63) is 18.2 Å². The van der Waals surface area contributed by atoms with Crippen LogP contribution in [0.4, 0.5) is 5.82 Å². The Morgan fingerprint density at radius 1 is 1.29 bits per heavy atom. The van der Waals surface area contributed by atoms with Crippen molar-refractivity contribution in [1.29, 1.82) is 0 Å². The zero-order chi connectivity index (χ0) is 14.2. The van der Waals surface area contributed by atoms with Gasteiger partial charge in [-0.1, -0.05) is 0 Å². The third-order valence-electron chi connectivity index (χ3n) is 3.63. The van der Waals surface area contributed by atoms with Crippen molar-refractivity contribution in [3.8, 4) is 23.0 Å². The summed E-state index contributed by atoms with van der Waals surface area (Å²) >= 11 is 0. The number of hydrogen-bond donors (Lipinski definition) is 1. The molecule has 1 N–H and O–H groups in total. The number of fused-ring (bicyclic) bond motifs is 1. The Kier molecular flexibility index (Phi) is 2.83. The van der Waals surface area contributed by atoms with E-state index < -0.39 is 0 Å². The van der Waals surface area contributed by atoms with E-state index >= 15 is 0 Å². The average Bonchev–Trinajstić information content (AvgIpc) is 3.38. The molecule has 1 fully saturated rings. The summed E-state index contributed by atoms with van der Waals surface area (Å²) in [6.45, 7) is 1.36. The van der Waals surface area contributed by atoms with Crippen LogP contribution in [0.5, 0.6) is 11.6 Å². The second-order valence-electron chi connectivity index (χ2n) is 5.10. The molecule has 7 nitrogen and oxygen atoms in total. The number of anilines is 1. The molecule has 2 aromatic heterocycles. The first-order valence-electron chi connectivity index (χ1n) is 7.00. The fourth-order valence-electron chi connectivity index (χ4n) is 2.47. The van der Waals surface area contributed by atoms with Gasteiger partial charge in [0.25, 0.3) is 0 Å². The third kappa shape index (κ3) is 2.14. The fraction of sp³-hybridized carbons (Fsp3) is 0.429. The summed E-state index contributed by atoms with van der Waals surface area (Å²) in [7, 11) is 1.60. The summed E-state index contributed by atoms with van der Waals surface area (Å²) in [6.07, 6.45) is 5.50. The Balaban J connectivity index is 1.85. The summed E-state index contributed by atoms with van der Waals surface area (Å²) in [6, 6.07) is 0. The lowest BCUT2D eigenvalue weighted by atomic mass is 10.1. The molecule has 0 bridgehead atoms. The molecule has 1 aliphatic carbocycles. The molecule has 2 aromatic rings. The predicted molar refractivity (Wildman–Crippen MR) is 75.6 cm³/mol. The Hall–Kier alpha value is -2.44. The minimum atomic E-state index is 0.459. The lowest BCUT2D eigenvalue weighted by molar-refractivity contribution is 0.320. The number of ether oxygens (including phenoxy) is 2. The highest BCUT2D eigenvalue weighted by atomic mass is 16.5. The summed E-state index contributed by atoms with van der Waals surface area (Å²) in [5, 5.41) is 3.22. The lowest BCUT2D eigenvalue weighted by Gasteiger charge is -2.18. The molecular weight excluding hydrogens is 270 g/mol. The number of methoxy groups -OCH3 is 1. The molecule has 0 saturated heterocycles. The van der Waals surface area contributed by atoms with Crippen molar-refractivity contribution < 1.29 is 9.47 Å². The van der Waals surface area contributed by atoms with Gasteiger partial charge in [-0.15, -0.1) is 0 Å². The van der Waals surface area contributed by atoms with Crippen molar-refractivity contribution in [2.45, 2.75) is 18.8 Å². The SMILES string of the molecule is COc1ncnc(C2CC2)c1-c1ncc2c(n1)NCCO2. The molecular formula is C14H15N5O2. The molecule has 0 radical (unpaired) electrons. The van der Waals surface area contributed by atoms with E-state index in [9.17, 15) is 0 Å². The molecule has 0 aromatic carbocycles. The van der Waals surface area contributed by atoms with E-state index in [0.717, 1.165) is 30.6 Å². The molecule has 21 heavy (non-hydrogen) atoms. The number of hydrogen-bond acceptors (Lipinski definition) is 7. The highest BCUT2D eigenvalue weighted by Crippen LogP contribution is 2.45. The van der Waals surface area contributed by atoms with Crippen LogP contribution in [0.25, 0.3) is 11.4 Å². The van der Waals surface area contributed by atoms with Crippen LogP contribution in [-0.2, 0) is 0 Å². The quantitative estimate of drug-likeness (QED) is 0.917. The molecule has 0 atom stereocenters. The largest absolute Gasteiger partial charge is 0.486 e. The number of rotatable bonds is 3. The van der Waals surface area contributed by atoms with E-state index in [4.69, 9.17) is 9.47 Å². The molecule has 4 rings (SSSR count). The van der Waals surface area contributed by atoms with Crippen LogP contribution in [0.2, 0.25) is 0 Å². The third-order valence-corrected chi connectivity index (χ3v) is 3.63. The second-order valence-corrected chi connectivity index (χ2v) is 5.10. The summed E-state index contributed by atoms with van der Waals surface area (Å²) < 4.78 is 10.9. The van der Waals surface area contributed by atoms with Crippen molar-refractivity contribution in [2.75, 3.05) is 25.6 Å². The Labute approximate surface area is 121 Å². The van der Waals surface area contributed by atoms with E-state index in [1.54, 1.807) is 13.3 Å². The van der Waals surface area contributed by atoms with Gasteiger partial charge in [0.1, 0.15) is 18.5 Å². The first-order valence-corrected chi connectivity index (χ1v) is 7.00. The van der Waals surface area contributed by atoms with Crippen LogP contribution in [0.1, 0.15) is 24.5 Å².